The Bertz CT molecular complexity index is 1170. The van der Waals surface area contributed by atoms with E-state index in [1.165, 1.54) is 4.31 Å². The highest BCUT2D eigenvalue weighted by Crippen LogP contribution is 2.29. The summed E-state index contributed by atoms with van der Waals surface area (Å²) in [5.41, 5.74) is 2.64. The molecule has 1 aliphatic heterocycles. The lowest BCUT2D eigenvalue weighted by atomic mass is 9.97. The number of rotatable bonds is 5. The molecule has 0 unspecified atom stereocenters. The molecule has 1 amide bonds. The van der Waals surface area contributed by atoms with Gasteiger partial charge in [0.1, 0.15) is 4.90 Å². The molecule has 4 rings (SSSR count). The molecule has 0 atom stereocenters. The van der Waals surface area contributed by atoms with Crippen LogP contribution in [-0.4, -0.2) is 41.5 Å². The van der Waals surface area contributed by atoms with Gasteiger partial charge in [-0.1, -0.05) is 36.4 Å². The van der Waals surface area contributed by atoms with Crippen LogP contribution in [0.3, 0.4) is 0 Å². The topological polar surface area (TPSA) is 84.3 Å². The van der Waals surface area contributed by atoms with Crippen molar-refractivity contribution >= 4 is 21.6 Å². The summed E-state index contributed by atoms with van der Waals surface area (Å²) in [5.74, 6) is -0.270. The first-order chi connectivity index (χ1) is 14.9. The summed E-state index contributed by atoms with van der Waals surface area (Å²) in [6.45, 7) is 4.12. The highest BCUT2D eigenvalue weighted by molar-refractivity contribution is 7.89. The number of benzene rings is 2. The summed E-state index contributed by atoms with van der Waals surface area (Å²) in [6, 6.07) is 18.8. The molecule has 0 spiro atoms. The zero-order valence-corrected chi connectivity index (χ0v) is 18.5. The maximum absolute atomic E-state index is 13.4. The van der Waals surface area contributed by atoms with Crippen LogP contribution < -0.4 is 5.32 Å². The number of carbonyl (C=O) groups excluding carboxylic acids is 1. The van der Waals surface area contributed by atoms with Gasteiger partial charge in [0, 0.05) is 24.7 Å². The average Bonchev–Trinajstić information content (AvgIpc) is 3.09. The van der Waals surface area contributed by atoms with Gasteiger partial charge >= 0.3 is 0 Å². The van der Waals surface area contributed by atoms with Crippen LogP contribution >= 0.6 is 0 Å². The number of piperidine rings is 1. The zero-order chi connectivity index (χ0) is 22.0. The van der Waals surface area contributed by atoms with Crippen LogP contribution in [-0.2, 0) is 14.8 Å². The smallest absolute Gasteiger partial charge is 0.246 e. The molecule has 1 aromatic heterocycles. The maximum Gasteiger partial charge on any atom is 0.246 e. The largest absolute Gasteiger partial charge is 0.326 e. The quantitative estimate of drug-likeness (QED) is 0.661. The summed E-state index contributed by atoms with van der Waals surface area (Å²) in [5, 5.41) is 7.39. The van der Waals surface area contributed by atoms with Crippen molar-refractivity contribution in [3.8, 4) is 5.69 Å². The Morgan fingerprint density at radius 3 is 2.16 bits per heavy atom. The first-order valence-corrected chi connectivity index (χ1v) is 11.8. The molecule has 2 heterocycles. The van der Waals surface area contributed by atoms with Gasteiger partial charge in [0.25, 0.3) is 0 Å². The Kier molecular flexibility index (Phi) is 5.93. The Balaban J connectivity index is 1.49. The summed E-state index contributed by atoms with van der Waals surface area (Å²) in [7, 11) is -3.70. The van der Waals surface area contributed by atoms with Crippen molar-refractivity contribution in [2.45, 2.75) is 31.6 Å². The molecule has 2 aromatic carbocycles. The van der Waals surface area contributed by atoms with Crippen LogP contribution in [0.2, 0.25) is 0 Å². The first kappa shape index (κ1) is 21.3. The number of hydrogen-bond donors (Lipinski definition) is 1. The number of nitrogens with zero attached hydrogens (tertiary/aromatic N) is 3. The number of anilines is 1. The minimum absolute atomic E-state index is 0.0625. The summed E-state index contributed by atoms with van der Waals surface area (Å²) < 4.78 is 30.0. The number of amides is 1. The van der Waals surface area contributed by atoms with Gasteiger partial charge in [0.05, 0.1) is 17.1 Å². The predicted molar refractivity (Wildman–Crippen MR) is 120 cm³/mol. The predicted octanol–water partition coefficient (Wildman–Crippen LogP) is 3.53. The van der Waals surface area contributed by atoms with Gasteiger partial charge in [-0.2, -0.15) is 9.40 Å². The van der Waals surface area contributed by atoms with Crippen LogP contribution in [0.25, 0.3) is 5.69 Å². The first-order valence-electron chi connectivity index (χ1n) is 10.4. The van der Waals surface area contributed by atoms with E-state index in [1.807, 2.05) is 60.7 Å². The van der Waals surface area contributed by atoms with Crippen molar-refractivity contribution in [1.82, 2.24) is 14.1 Å². The van der Waals surface area contributed by atoms with Crippen LogP contribution in [0, 0.1) is 19.8 Å². The number of carbonyl (C=O) groups is 1. The third kappa shape index (κ3) is 4.26. The fourth-order valence-corrected chi connectivity index (χ4v) is 5.90. The third-order valence-corrected chi connectivity index (χ3v) is 7.84. The van der Waals surface area contributed by atoms with Crippen LogP contribution in [0.4, 0.5) is 5.69 Å². The molecule has 162 valence electrons. The van der Waals surface area contributed by atoms with E-state index in [9.17, 15) is 13.2 Å². The van der Waals surface area contributed by atoms with E-state index in [0.29, 0.717) is 37.3 Å². The molecule has 0 bridgehead atoms. The number of nitrogens with one attached hydrogen (secondary N) is 1. The monoisotopic (exact) mass is 438 g/mol. The van der Waals surface area contributed by atoms with Crippen LogP contribution in [0.15, 0.2) is 65.6 Å². The summed E-state index contributed by atoms with van der Waals surface area (Å²) in [4.78, 5) is 12.8. The highest BCUT2D eigenvalue weighted by atomic mass is 32.2. The Morgan fingerprint density at radius 2 is 1.55 bits per heavy atom. The minimum Gasteiger partial charge on any atom is -0.326 e. The second kappa shape index (κ2) is 8.64. The highest BCUT2D eigenvalue weighted by Gasteiger charge is 2.35. The van der Waals surface area contributed by atoms with Crippen molar-refractivity contribution in [2.75, 3.05) is 18.4 Å². The molecular formula is C23H26N4O3S. The molecule has 7 nitrogen and oxygen atoms in total. The Morgan fingerprint density at radius 1 is 0.968 bits per heavy atom. The second-order valence-electron chi connectivity index (χ2n) is 7.78. The Labute approximate surface area is 182 Å². The zero-order valence-electron chi connectivity index (χ0n) is 17.7. The standard InChI is InChI=1S/C23H26N4O3S/c1-17-22(18(2)27(25-17)21-11-7-4-8-12-21)31(29,30)26-15-13-19(14-16-26)23(28)24-20-9-5-3-6-10-20/h3-12,19H,13-16H2,1-2H3,(H,24,28). The van der Waals surface area contributed by atoms with Gasteiger partial charge in [0.2, 0.25) is 15.9 Å². The molecule has 0 radical (unpaired) electrons. The van der Waals surface area contributed by atoms with E-state index in [-0.39, 0.29) is 16.7 Å². The Hall–Kier alpha value is -2.97. The van der Waals surface area contributed by atoms with Gasteiger partial charge in [-0.05, 0) is 51.0 Å². The van der Waals surface area contributed by atoms with E-state index in [2.05, 4.69) is 10.4 Å². The van der Waals surface area contributed by atoms with E-state index in [4.69, 9.17) is 0 Å². The van der Waals surface area contributed by atoms with Crippen LogP contribution in [0.1, 0.15) is 24.2 Å². The van der Waals surface area contributed by atoms with Gasteiger partial charge in [-0.25, -0.2) is 13.1 Å². The van der Waals surface area contributed by atoms with Crippen molar-refractivity contribution in [2.24, 2.45) is 5.92 Å². The van der Waals surface area contributed by atoms with Gasteiger partial charge in [-0.15, -0.1) is 0 Å². The minimum atomic E-state index is -3.70. The lowest BCUT2D eigenvalue weighted by molar-refractivity contribution is -0.120. The molecule has 1 aliphatic rings. The number of hydrogen-bond acceptors (Lipinski definition) is 4. The van der Waals surface area contributed by atoms with Crippen molar-refractivity contribution in [3.05, 3.63) is 72.1 Å². The summed E-state index contributed by atoms with van der Waals surface area (Å²) in [6.07, 6.45) is 0.978. The number of para-hydroxylation sites is 2. The van der Waals surface area contributed by atoms with E-state index < -0.39 is 10.0 Å². The molecule has 0 aliphatic carbocycles. The van der Waals surface area contributed by atoms with E-state index in [0.717, 1.165) is 11.4 Å². The average molecular weight is 439 g/mol. The molecule has 3 aromatic rings. The molecule has 31 heavy (non-hydrogen) atoms. The lowest BCUT2D eigenvalue weighted by Crippen LogP contribution is -2.41. The fraction of sp³-hybridized carbons (Fsp3) is 0.304. The van der Waals surface area contributed by atoms with Crippen molar-refractivity contribution in [1.29, 1.82) is 0 Å². The molecule has 1 N–H and O–H groups in total. The second-order valence-corrected chi connectivity index (χ2v) is 9.66. The molecule has 0 saturated carbocycles. The van der Waals surface area contributed by atoms with Gasteiger partial charge < -0.3 is 5.32 Å². The number of aryl methyl sites for hydroxylation is 1. The fourth-order valence-electron chi connectivity index (χ4n) is 4.08. The van der Waals surface area contributed by atoms with E-state index >= 15 is 0 Å². The molecule has 1 fully saturated rings. The molecule has 8 heteroatoms. The third-order valence-electron chi connectivity index (χ3n) is 5.69. The number of sulfonamides is 1. The van der Waals surface area contributed by atoms with Crippen LogP contribution in [0.5, 0.6) is 0 Å². The van der Waals surface area contributed by atoms with Crippen molar-refractivity contribution < 1.29 is 13.2 Å². The van der Waals surface area contributed by atoms with Crippen molar-refractivity contribution in [3.63, 3.8) is 0 Å². The maximum atomic E-state index is 13.4. The number of aromatic nitrogens is 2. The normalized spacial score (nSPS) is 15.7. The van der Waals surface area contributed by atoms with Gasteiger partial charge in [0.15, 0.2) is 0 Å². The lowest BCUT2D eigenvalue weighted by Gasteiger charge is -2.30. The summed E-state index contributed by atoms with van der Waals surface area (Å²) >= 11 is 0. The van der Waals surface area contributed by atoms with Gasteiger partial charge in [-0.3, -0.25) is 4.79 Å². The molecular weight excluding hydrogens is 412 g/mol. The van der Waals surface area contributed by atoms with E-state index in [1.54, 1.807) is 18.5 Å². The SMILES string of the molecule is Cc1nn(-c2ccccc2)c(C)c1S(=O)(=O)N1CCC(C(=O)Nc2ccccc2)CC1. The molecule has 1 saturated heterocycles.